The van der Waals surface area contributed by atoms with E-state index in [9.17, 15) is 0 Å². The fourth-order valence-corrected chi connectivity index (χ4v) is 1.50. The van der Waals surface area contributed by atoms with Crippen molar-refractivity contribution in [1.29, 1.82) is 0 Å². The van der Waals surface area contributed by atoms with Crippen LogP contribution < -0.4 is 5.32 Å². The summed E-state index contributed by atoms with van der Waals surface area (Å²) in [4.78, 5) is 0. The van der Waals surface area contributed by atoms with Gasteiger partial charge in [0.1, 0.15) is 0 Å². The molecule has 1 rings (SSSR count). The highest BCUT2D eigenvalue weighted by Gasteiger charge is 2.01. The molecule has 0 aromatic heterocycles. The Labute approximate surface area is 99.0 Å². The number of hydrogen-bond acceptors (Lipinski definition) is 2. The average Bonchev–Trinajstić information content (AvgIpc) is 2.33. The van der Waals surface area contributed by atoms with Crippen LogP contribution in [-0.2, 0) is 11.3 Å². The molecule has 0 bridgehead atoms. The Morgan fingerprint density at radius 2 is 1.94 bits per heavy atom. The Kier molecular flexibility index (Phi) is 6.86. The van der Waals surface area contributed by atoms with Gasteiger partial charge >= 0.3 is 0 Å². The molecule has 0 radical (unpaired) electrons. The van der Waals surface area contributed by atoms with Crippen LogP contribution >= 0.6 is 0 Å². The highest BCUT2D eigenvalue weighted by Crippen LogP contribution is 2.04. The Balaban J connectivity index is 2.08. The molecule has 0 aliphatic rings. The molecular weight excluding hydrogens is 198 g/mol. The van der Waals surface area contributed by atoms with Crippen molar-refractivity contribution < 1.29 is 4.74 Å². The van der Waals surface area contributed by atoms with Gasteiger partial charge in [-0.25, -0.2) is 0 Å². The van der Waals surface area contributed by atoms with E-state index in [0.29, 0.717) is 6.10 Å². The molecule has 1 aromatic rings. The molecule has 1 aromatic carbocycles. The molecule has 0 spiro atoms. The quantitative estimate of drug-likeness (QED) is 0.681. The Morgan fingerprint density at radius 3 is 2.62 bits per heavy atom. The summed E-state index contributed by atoms with van der Waals surface area (Å²) in [5.41, 5.74) is 1.25. The van der Waals surface area contributed by atoms with E-state index in [2.05, 4.69) is 31.3 Å². The molecule has 2 nitrogen and oxygen atoms in total. The van der Waals surface area contributed by atoms with Gasteiger partial charge in [0.2, 0.25) is 0 Å². The van der Waals surface area contributed by atoms with Crippen molar-refractivity contribution in [3.05, 3.63) is 35.9 Å². The van der Waals surface area contributed by atoms with Crippen LogP contribution in [0, 0.1) is 0 Å². The van der Waals surface area contributed by atoms with E-state index in [1.165, 1.54) is 12.0 Å². The van der Waals surface area contributed by atoms with Crippen molar-refractivity contribution in [2.75, 3.05) is 13.1 Å². The van der Waals surface area contributed by atoms with Gasteiger partial charge in [-0.2, -0.15) is 0 Å². The lowest BCUT2D eigenvalue weighted by Crippen LogP contribution is -2.21. The molecule has 0 heterocycles. The van der Waals surface area contributed by atoms with Crippen LogP contribution in [0.2, 0.25) is 0 Å². The Morgan fingerprint density at radius 1 is 1.19 bits per heavy atom. The van der Waals surface area contributed by atoms with Crippen molar-refractivity contribution in [3.63, 3.8) is 0 Å². The van der Waals surface area contributed by atoms with Gasteiger partial charge in [-0.15, -0.1) is 0 Å². The summed E-state index contributed by atoms with van der Waals surface area (Å²) < 4.78 is 5.77. The molecular formula is C14H23NO. The minimum absolute atomic E-state index is 0.324. The van der Waals surface area contributed by atoms with Crippen LogP contribution in [0.3, 0.4) is 0 Å². The lowest BCUT2D eigenvalue weighted by atomic mass is 10.2. The third kappa shape index (κ3) is 5.89. The lowest BCUT2D eigenvalue weighted by Gasteiger charge is -2.13. The van der Waals surface area contributed by atoms with Gasteiger partial charge < -0.3 is 10.1 Å². The molecule has 90 valence electrons. The van der Waals surface area contributed by atoms with Gasteiger partial charge in [0.15, 0.2) is 0 Å². The second kappa shape index (κ2) is 8.31. The maximum atomic E-state index is 5.77. The van der Waals surface area contributed by atoms with Gasteiger partial charge in [-0.3, -0.25) is 0 Å². The first-order valence-electron chi connectivity index (χ1n) is 6.19. The predicted molar refractivity (Wildman–Crippen MR) is 68.5 cm³/mol. The molecule has 0 amide bonds. The summed E-state index contributed by atoms with van der Waals surface area (Å²) in [6, 6.07) is 10.3. The minimum Gasteiger partial charge on any atom is -0.374 e. The first-order chi connectivity index (χ1) is 7.83. The smallest absolute Gasteiger partial charge is 0.0720 e. The van der Waals surface area contributed by atoms with Gasteiger partial charge in [-0.05, 0) is 38.4 Å². The third-order valence-electron chi connectivity index (χ3n) is 2.53. The second-order valence-electron chi connectivity index (χ2n) is 4.15. The number of benzene rings is 1. The molecule has 0 aliphatic carbocycles. The largest absolute Gasteiger partial charge is 0.374 e. The maximum absolute atomic E-state index is 5.77. The monoisotopic (exact) mass is 221 g/mol. The Bertz CT molecular complexity index is 261. The molecule has 0 aliphatic heterocycles. The van der Waals surface area contributed by atoms with Gasteiger partial charge in [-0.1, -0.05) is 37.3 Å². The maximum Gasteiger partial charge on any atom is 0.0720 e. The van der Waals surface area contributed by atoms with E-state index < -0.39 is 0 Å². The average molecular weight is 221 g/mol. The molecule has 16 heavy (non-hydrogen) atoms. The summed E-state index contributed by atoms with van der Waals surface area (Å²) in [6.45, 7) is 7.18. The second-order valence-corrected chi connectivity index (χ2v) is 4.15. The third-order valence-corrected chi connectivity index (χ3v) is 2.53. The standard InChI is InChI=1S/C14H23NO/c1-3-10-15-11-9-13(2)16-12-14-7-5-4-6-8-14/h4-8,13,15H,3,9-12H2,1-2H3. The molecule has 1 atom stereocenters. The molecule has 1 unspecified atom stereocenters. The van der Waals surface area contributed by atoms with Crippen LogP contribution in [-0.4, -0.2) is 19.2 Å². The zero-order valence-corrected chi connectivity index (χ0v) is 10.4. The minimum atomic E-state index is 0.324. The summed E-state index contributed by atoms with van der Waals surface area (Å²) >= 11 is 0. The van der Waals surface area contributed by atoms with E-state index in [-0.39, 0.29) is 0 Å². The first-order valence-corrected chi connectivity index (χ1v) is 6.19. The summed E-state index contributed by atoms with van der Waals surface area (Å²) in [5.74, 6) is 0. The summed E-state index contributed by atoms with van der Waals surface area (Å²) in [6.07, 6.45) is 2.59. The lowest BCUT2D eigenvalue weighted by molar-refractivity contribution is 0.0478. The zero-order chi connectivity index (χ0) is 11.6. The number of nitrogens with one attached hydrogen (secondary N) is 1. The molecule has 0 saturated heterocycles. The summed E-state index contributed by atoms with van der Waals surface area (Å²) in [7, 11) is 0. The number of rotatable bonds is 8. The molecule has 0 saturated carbocycles. The predicted octanol–water partition coefficient (Wildman–Crippen LogP) is 2.98. The van der Waals surface area contributed by atoms with E-state index in [1.54, 1.807) is 0 Å². The fourth-order valence-electron chi connectivity index (χ4n) is 1.50. The van der Waals surface area contributed by atoms with E-state index in [0.717, 1.165) is 26.1 Å². The topological polar surface area (TPSA) is 21.3 Å². The van der Waals surface area contributed by atoms with Crippen LogP contribution in [0.1, 0.15) is 32.3 Å². The molecule has 2 heteroatoms. The van der Waals surface area contributed by atoms with Crippen molar-refractivity contribution in [2.45, 2.75) is 39.4 Å². The highest BCUT2D eigenvalue weighted by atomic mass is 16.5. The SMILES string of the molecule is CCCNCCC(C)OCc1ccccc1. The molecule has 1 N–H and O–H groups in total. The Hall–Kier alpha value is -0.860. The van der Waals surface area contributed by atoms with Gasteiger partial charge in [0.05, 0.1) is 12.7 Å². The van der Waals surface area contributed by atoms with Crippen molar-refractivity contribution in [2.24, 2.45) is 0 Å². The first kappa shape index (κ1) is 13.2. The van der Waals surface area contributed by atoms with Crippen LogP contribution in [0.5, 0.6) is 0 Å². The van der Waals surface area contributed by atoms with Crippen molar-refractivity contribution in [3.8, 4) is 0 Å². The number of hydrogen-bond donors (Lipinski definition) is 1. The number of ether oxygens (including phenoxy) is 1. The van der Waals surface area contributed by atoms with Crippen LogP contribution in [0.4, 0.5) is 0 Å². The van der Waals surface area contributed by atoms with Crippen LogP contribution in [0.15, 0.2) is 30.3 Å². The zero-order valence-electron chi connectivity index (χ0n) is 10.4. The van der Waals surface area contributed by atoms with Crippen molar-refractivity contribution >= 4 is 0 Å². The fraction of sp³-hybridized carbons (Fsp3) is 0.571. The highest BCUT2D eigenvalue weighted by molar-refractivity contribution is 5.13. The van der Waals surface area contributed by atoms with E-state index in [4.69, 9.17) is 4.74 Å². The van der Waals surface area contributed by atoms with Gasteiger partial charge in [0.25, 0.3) is 0 Å². The normalized spacial score (nSPS) is 12.6. The molecule has 0 fully saturated rings. The van der Waals surface area contributed by atoms with Crippen molar-refractivity contribution in [1.82, 2.24) is 5.32 Å². The van der Waals surface area contributed by atoms with Gasteiger partial charge in [0, 0.05) is 0 Å². The van der Waals surface area contributed by atoms with E-state index in [1.807, 2.05) is 18.2 Å². The van der Waals surface area contributed by atoms with E-state index >= 15 is 0 Å². The summed E-state index contributed by atoms with van der Waals surface area (Å²) in [5, 5.41) is 3.38. The van der Waals surface area contributed by atoms with Crippen LogP contribution in [0.25, 0.3) is 0 Å².